The van der Waals surface area contributed by atoms with Crippen molar-refractivity contribution in [3.05, 3.63) is 39.3 Å². The molecule has 5 heteroatoms. The van der Waals surface area contributed by atoms with E-state index in [-0.39, 0.29) is 0 Å². The Bertz CT molecular complexity index is 481. The SMILES string of the molecule is COc1ccc(Cc2sc(N)nc2Br)cc1. The van der Waals surface area contributed by atoms with Crippen LogP contribution in [-0.2, 0) is 6.42 Å². The molecule has 16 heavy (non-hydrogen) atoms. The van der Waals surface area contributed by atoms with Gasteiger partial charge in [0.1, 0.15) is 10.4 Å². The van der Waals surface area contributed by atoms with E-state index < -0.39 is 0 Å². The highest BCUT2D eigenvalue weighted by Crippen LogP contribution is 2.27. The van der Waals surface area contributed by atoms with Gasteiger partial charge in [-0.2, -0.15) is 0 Å². The molecule has 0 saturated carbocycles. The lowest BCUT2D eigenvalue weighted by molar-refractivity contribution is 0.414. The molecule has 1 heterocycles. The van der Waals surface area contributed by atoms with Crippen molar-refractivity contribution < 1.29 is 4.74 Å². The number of nitrogens with zero attached hydrogens (tertiary/aromatic N) is 1. The van der Waals surface area contributed by atoms with Crippen molar-refractivity contribution in [3.63, 3.8) is 0 Å². The van der Waals surface area contributed by atoms with E-state index in [1.807, 2.05) is 24.3 Å². The summed E-state index contributed by atoms with van der Waals surface area (Å²) in [5.41, 5.74) is 6.85. The first-order chi connectivity index (χ1) is 7.69. The fourth-order valence-corrected chi connectivity index (χ4v) is 2.84. The van der Waals surface area contributed by atoms with Crippen molar-refractivity contribution in [3.8, 4) is 5.75 Å². The lowest BCUT2D eigenvalue weighted by Gasteiger charge is -2.02. The van der Waals surface area contributed by atoms with Gasteiger partial charge < -0.3 is 10.5 Å². The van der Waals surface area contributed by atoms with E-state index in [1.165, 1.54) is 16.9 Å². The highest BCUT2D eigenvalue weighted by atomic mass is 79.9. The number of hydrogen-bond acceptors (Lipinski definition) is 4. The van der Waals surface area contributed by atoms with E-state index in [2.05, 4.69) is 20.9 Å². The zero-order valence-electron chi connectivity index (χ0n) is 8.74. The Labute approximate surface area is 106 Å². The Morgan fingerprint density at radius 2 is 2.06 bits per heavy atom. The average Bonchev–Trinajstić information content (AvgIpc) is 2.59. The van der Waals surface area contributed by atoms with Crippen LogP contribution in [-0.4, -0.2) is 12.1 Å². The van der Waals surface area contributed by atoms with Gasteiger partial charge in [-0.1, -0.05) is 12.1 Å². The number of nitrogens with two attached hydrogens (primary N) is 1. The molecule has 0 spiro atoms. The summed E-state index contributed by atoms with van der Waals surface area (Å²) < 4.78 is 5.95. The Morgan fingerprint density at radius 3 is 2.56 bits per heavy atom. The molecule has 0 radical (unpaired) electrons. The Balaban J connectivity index is 2.17. The van der Waals surface area contributed by atoms with Crippen LogP contribution in [0.1, 0.15) is 10.4 Å². The number of halogens is 1. The number of ether oxygens (including phenoxy) is 1. The minimum absolute atomic E-state index is 0.593. The fraction of sp³-hybridized carbons (Fsp3) is 0.182. The van der Waals surface area contributed by atoms with E-state index in [0.717, 1.165) is 21.7 Å². The van der Waals surface area contributed by atoms with Crippen molar-refractivity contribution in [2.75, 3.05) is 12.8 Å². The standard InChI is InChI=1S/C11H11BrN2OS/c1-15-8-4-2-7(3-5-8)6-9-10(12)14-11(13)16-9/h2-5H,6H2,1H3,(H2,13,14). The number of methoxy groups -OCH3 is 1. The zero-order chi connectivity index (χ0) is 11.5. The van der Waals surface area contributed by atoms with Crippen LogP contribution in [0.4, 0.5) is 5.13 Å². The van der Waals surface area contributed by atoms with Crippen LogP contribution in [0.25, 0.3) is 0 Å². The molecule has 2 aromatic rings. The number of hydrogen-bond donors (Lipinski definition) is 1. The minimum Gasteiger partial charge on any atom is -0.497 e. The van der Waals surface area contributed by atoms with Gasteiger partial charge in [0.15, 0.2) is 5.13 Å². The first-order valence-electron chi connectivity index (χ1n) is 4.72. The molecule has 0 saturated heterocycles. The van der Waals surface area contributed by atoms with Gasteiger partial charge >= 0.3 is 0 Å². The molecule has 1 aromatic heterocycles. The molecule has 0 unspecified atom stereocenters. The van der Waals surface area contributed by atoms with E-state index >= 15 is 0 Å². The van der Waals surface area contributed by atoms with Gasteiger partial charge in [0.05, 0.1) is 7.11 Å². The van der Waals surface area contributed by atoms with Gasteiger partial charge in [0.25, 0.3) is 0 Å². The number of benzene rings is 1. The summed E-state index contributed by atoms with van der Waals surface area (Å²) in [6.07, 6.45) is 0.833. The first-order valence-corrected chi connectivity index (χ1v) is 6.33. The van der Waals surface area contributed by atoms with Crippen molar-refractivity contribution in [2.45, 2.75) is 6.42 Å². The van der Waals surface area contributed by atoms with Gasteiger partial charge in [-0.15, -0.1) is 11.3 Å². The number of nitrogen functional groups attached to an aromatic ring is 1. The van der Waals surface area contributed by atoms with Crippen LogP contribution in [0, 0.1) is 0 Å². The van der Waals surface area contributed by atoms with Gasteiger partial charge in [-0.3, -0.25) is 0 Å². The Morgan fingerprint density at radius 1 is 1.38 bits per heavy atom. The van der Waals surface area contributed by atoms with Crippen molar-refractivity contribution >= 4 is 32.4 Å². The van der Waals surface area contributed by atoms with Crippen LogP contribution < -0.4 is 10.5 Å². The van der Waals surface area contributed by atoms with E-state index in [1.54, 1.807) is 7.11 Å². The maximum atomic E-state index is 5.64. The lowest BCUT2D eigenvalue weighted by atomic mass is 10.1. The molecule has 0 bridgehead atoms. The maximum absolute atomic E-state index is 5.64. The molecule has 84 valence electrons. The van der Waals surface area contributed by atoms with Gasteiger partial charge in [0, 0.05) is 11.3 Å². The zero-order valence-corrected chi connectivity index (χ0v) is 11.1. The summed E-state index contributed by atoms with van der Waals surface area (Å²) in [6, 6.07) is 7.99. The summed E-state index contributed by atoms with van der Waals surface area (Å²) >= 11 is 4.91. The summed E-state index contributed by atoms with van der Waals surface area (Å²) in [7, 11) is 1.66. The largest absolute Gasteiger partial charge is 0.497 e. The summed E-state index contributed by atoms with van der Waals surface area (Å²) in [6.45, 7) is 0. The molecule has 0 aliphatic carbocycles. The van der Waals surface area contributed by atoms with Crippen molar-refractivity contribution in [2.24, 2.45) is 0 Å². The molecular weight excluding hydrogens is 288 g/mol. The first kappa shape index (κ1) is 11.4. The lowest BCUT2D eigenvalue weighted by Crippen LogP contribution is -1.87. The minimum atomic E-state index is 0.593. The van der Waals surface area contributed by atoms with Gasteiger partial charge in [0.2, 0.25) is 0 Å². The van der Waals surface area contributed by atoms with Crippen LogP contribution in [0.15, 0.2) is 28.9 Å². The molecule has 3 nitrogen and oxygen atoms in total. The predicted octanol–water partition coefficient (Wildman–Crippen LogP) is 3.09. The number of anilines is 1. The van der Waals surface area contributed by atoms with Crippen LogP contribution in [0.2, 0.25) is 0 Å². The Hall–Kier alpha value is -1.07. The topological polar surface area (TPSA) is 48.1 Å². The normalized spacial score (nSPS) is 10.4. The summed E-state index contributed by atoms with van der Waals surface area (Å²) in [5.74, 6) is 0.867. The van der Waals surface area contributed by atoms with E-state index in [9.17, 15) is 0 Å². The average molecular weight is 299 g/mol. The quantitative estimate of drug-likeness (QED) is 0.947. The second-order valence-corrected chi connectivity index (χ2v) is 5.16. The predicted molar refractivity (Wildman–Crippen MR) is 70.0 cm³/mol. The molecular formula is C11H11BrN2OS. The van der Waals surface area contributed by atoms with Crippen LogP contribution >= 0.6 is 27.3 Å². The number of rotatable bonds is 3. The Kier molecular flexibility index (Phi) is 3.46. The highest BCUT2D eigenvalue weighted by molar-refractivity contribution is 9.10. The van der Waals surface area contributed by atoms with Crippen molar-refractivity contribution in [1.82, 2.24) is 4.98 Å². The third-order valence-corrected chi connectivity index (χ3v) is 3.99. The molecule has 0 fully saturated rings. The third kappa shape index (κ3) is 2.54. The molecule has 0 amide bonds. The fourth-order valence-electron chi connectivity index (χ4n) is 1.39. The summed E-state index contributed by atoms with van der Waals surface area (Å²) in [4.78, 5) is 5.27. The van der Waals surface area contributed by atoms with E-state index in [4.69, 9.17) is 10.5 Å². The highest BCUT2D eigenvalue weighted by Gasteiger charge is 2.07. The molecule has 0 aliphatic heterocycles. The molecule has 2 rings (SSSR count). The van der Waals surface area contributed by atoms with Crippen molar-refractivity contribution in [1.29, 1.82) is 0 Å². The maximum Gasteiger partial charge on any atom is 0.181 e. The number of thiazole rings is 1. The van der Waals surface area contributed by atoms with E-state index in [0.29, 0.717) is 5.13 Å². The van der Waals surface area contributed by atoms with Crippen LogP contribution in [0.3, 0.4) is 0 Å². The molecule has 0 atom stereocenters. The molecule has 0 aliphatic rings. The number of aromatic nitrogens is 1. The second kappa shape index (κ2) is 4.84. The third-order valence-electron chi connectivity index (χ3n) is 2.19. The van der Waals surface area contributed by atoms with Crippen LogP contribution in [0.5, 0.6) is 5.75 Å². The monoisotopic (exact) mass is 298 g/mol. The molecule has 1 aromatic carbocycles. The second-order valence-electron chi connectivity index (χ2n) is 3.29. The molecule has 2 N–H and O–H groups in total. The van der Waals surface area contributed by atoms with Gasteiger partial charge in [-0.05, 0) is 33.6 Å². The summed E-state index contributed by atoms with van der Waals surface area (Å²) in [5, 5.41) is 0.593. The van der Waals surface area contributed by atoms with Gasteiger partial charge in [-0.25, -0.2) is 4.98 Å². The smallest absolute Gasteiger partial charge is 0.181 e.